The molecule has 2 aromatic carbocycles. The van der Waals surface area contributed by atoms with Crippen molar-refractivity contribution < 1.29 is 9.84 Å². The molecule has 4 nitrogen and oxygen atoms in total. The molecule has 0 unspecified atom stereocenters. The molecule has 1 heterocycles. The highest BCUT2D eigenvalue weighted by Gasteiger charge is 2.11. The molecule has 2 N–H and O–H groups in total. The third-order valence-electron chi connectivity index (χ3n) is 2.99. The van der Waals surface area contributed by atoms with Crippen LogP contribution in [0.4, 0.5) is 10.8 Å². The number of rotatable bonds is 4. The van der Waals surface area contributed by atoms with Crippen molar-refractivity contribution in [3.05, 3.63) is 53.9 Å². The lowest BCUT2D eigenvalue weighted by molar-refractivity contribution is 0.414. The molecule has 5 heteroatoms. The molecule has 0 atom stereocenters. The van der Waals surface area contributed by atoms with Gasteiger partial charge in [-0.25, -0.2) is 4.98 Å². The quantitative estimate of drug-likeness (QED) is 0.755. The minimum atomic E-state index is 0.191. The number of thiazole rings is 1. The maximum atomic E-state index is 9.64. The van der Waals surface area contributed by atoms with Crippen molar-refractivity contribution in [3.63, 3.8) is 0 Å². The van der Waals surface area contributed by atoms with Crippen molar-refractivity contribution in [2.75, 3.05) is 12.4 Å². The summed E-state index contributed by atoms with van der Waals surface area (Å²) in [6.07, 6.45) is 0. The molecule has 0 aliphatic rings. The summed E-state index contributed by atoms with van der Waals surface area (Å²) in [4.78, 5) is 4.54. The van der Waals surface area contributed by atoms with E-state index in [-0.39, 0.29) is 5.75 Å². The first kappa shape index (κ1) is 13.5. The number of phenolic OH excluding ortho intramolecular Hbond substituents is 1. The van der Waals surface area contributed by atoms with Crippen LogP contribution in [0.2, 0.25) is 0 Å². The van der Waals surface area contributed by atoms with Gasteiger partial charge in [0.15, 0.2) is 5.13 Å². The second-order valence-electron chi connectivity index (χ2n) is 4.41. The van der Waals surface area contributed by atoms with Crippen molar-refractivity contribution in [2.45, 2.75) is 0 Å². The van der Waals surface area contributed by atoms with Crippen LogP contribution in [0.25, 0.3) is 11.3 Å². The fourth-order valence-electron chi connectivity index (χ4n) is 2.00. The Balaban J connectivity index is 1.90. The smallest absolute Gasteiger partial charge is 0.187 e. The SMILES string of the molecule is COc1ccc(O)cc1-c1csc(Nc2ccccc2)n1. The summed E-state index contributed by atoms with van der Waals surface area (Å²) in [7, 11) is 1.60. The van der Waals surface area contributed by atoms with E-state index in [1.807, 2.05) is 35.7 Å². The summed E-state index contributed by atoms with van der Waals surface area (Å²) in [5.74, 6) is 0.876. The maximum absolute atomic E-state index is 9.64. The number of hydrogen-bond donors (Lipinski definition) is 2. The fourth-order valence-corrected chi connectivity index (χ4v) is 2.73. The largest absolute Gasteiger partial charge is 0.508 e. The molecule has 0 spiro atoms. The van der Waals surface area contributed by atoms with Crippen LogP contribution in [-0.4, -0.2) is 17.2 Å². The molecule has 1 aromatic heterocycles. The first-order chi connectivity index (χ1) is 10.3. The number of para-hydroxylation sites is 1. The Hall–Kier alpha value is -2.53. The minimum absolute atomic E-state index is 0.191. The van der Waals surface area contributed by atoms with Gasteiger partial charge in [0.1, 0.15) is 11.5 Å². The number of aromatic nitrogens is 1. The van der Waals surface area contributed by atoms with Gasteiger partial charge in [0.25, 0.3) is 0 Å². The zero-order valence-electron chi connectivity index (χ0n) is 11.4. The number of aromatic hydroxyl groups is 1. The van der Waals surface area contributed by atoms with Crippen LogP contribution in [-0.2, 0) is 0 Å². The van der Waals surface area contributed by atoms with E-state index in [2.05, 4.69) is 10.3 Å². The molecule has 0 amide bonds. The predicted molar refractivity (Wildman–Crippen MR) is 85.5 cm³/mol. The summed E-state index contributed by atoms with van der Waals surface area (Å²) < 4.78 is 5.32. The number of anilines is 2. The Morgan fingerprint density at radius 1 is 1.14 bits per heavy atom. The molecule has 0 bridgehead atoms. The van der Waals surface area contributed by atoms with E-state index in [0.717, 1.165) is 22.1 Å². The number of nitrogens with one attached hydrogen (secondary N) is 1. The van der Waals surface area contributed by atoms with Crippen molar-refractivity contribution in [1.82, 2.24) is 4.98 Å². The van der Waals surface area contributed by atoms with Gasteiger partial charge in [-0.2, -0.15) is 0 Å². The van der Waals surface area contributed by atoms with E-state index in [4.69, 9.17) is 4.74 Å². The van der Waals surface area contributed by atoms with Crippen molar-refractivity contribution in [3.8, 4) is 22.8 Å². The molecular formula is C16H14N2O2S. The molecule has 106 valence electrons. The summed E-state index contributed by atoms with van der Waals surface area (Å²) in [6.45, 7) is 0. The molecule has 0 saturated carbocycles. The third kappa shape index (κ3) is 2.98. The van der Waals surface area contributed by atoms with Crippen molar-refractivity contribution in [1.29, 1.82) is 0 Å². The number of phenols is 1. The van der Waals surface area contributed by atoms with Gasteiger partial charge >= 0.3 is 0 Å². The number of nitrogens with zero attached hydrogens (tertiary/aromatic N) is 1. The minimum Gasteiger partial charge on any atom is -0.508 e. The summed E-state index contributed by atoms with van der Waals surface area (Å²) >= 11 is 1.50. The van der Waals surface area contributed by atoms with Crippen LogP contribution < -0.4 is 10.1 Å². The van der Waals surface area contributed by atoms with Crippen molar-refractivity contribution >= 4 is 22.2 Å². The lowest BCUT2D eigenvalue weighted by atomic mass is 10.1. The van der Waals surface area contributed by atoms with Gasteiger partial charge in [-0.3, -0.25) is 0 Å². The van der Waals surface area contributed by atoms with Gasteiger partial charge in [-0.15, -0.1) is 11.3 Å². The Labute approximate surface area is 126 Å². The highest BCUT2D eigenvalue weighted by atomic mass is 32.1. The zero-order chi connectivity index (χ0) is 14.7. The normalized spacial score (nSPS) is 10.3. The fraction of sp³-hybridized carbons (Fsp3) is 0.0625. The Kier molecular flexibility index (Phi) is 3.75. The van der Waals surface area contributed by atoms with Gasteiger partial charge in [0.2, 0.25) is 0 Å². The Bertz CT molecular complexity index is 741. The van der Waals surface area contributed by atoms with Crippen LogP contribution in [0.5, 0.6) is 11.5 Å². The Morgan fingerprint density at radius 3 is 2.71 bits per heavy atom. The van der Waals surface area contributed by atoms with E-state index in [0.29, 0.717) is 5.75 Å². The second kappa shape index (κ2) is 5.85. The molecule has 0 saturated heterocycles. The third-order valence-corrected chi connectivity index (χ3v) is 3.75. The van der Waals surface area contributed by atoms with Crippen LogP contribution >= 0.6 is 11.3 Å². The van der Waals surface area contributed by atoms with E-state index in [1.54, 1.807) is 25.3 Å². The van der Waals surface area contributed by atoms with E-state index in [9.17, 15) is 5.11 Å². The molecule has 3 aromatic rings. The topological polar surface area (TPSA) is 54.4 Å². The Morgan fingerprint density at radius 2 is 1.95 bits per heavy atom. The highest BCUT2D eigenvalue weighted by Crippen LogP contribution is 2.35. The lowest BCUT2D eigenvalue weighted by Crippen LogP contribution is -1.90. The molecule has 0 radical (unpaired) electrons. The van der Waals surface area contributed by atoms with Gasteiger partial charge in [0, 0.05) is 16.6 Å². The van der Waals surface area contributed by atoms with Crippen LogP contribution in [0.3, 0.4) is 0 Å². The summed E-state index contributed by atoms with van der Waals surface area (Å²) in [5.41, 5.74) is 2.53. The van der Waals surface area contributed by atoms with Gasteiger partial charge < -0.3 is 15.2 Å². The maximum Gasteiger partial charge on any atom is 0.187 e. The molecule has 0 aliphatic heterocycles. The van der Waals surface area contributed by atoms with E-state index >= 15 is 0 Å². The molecule has 21 heavy (non-hydrogen) atoms. The summed E-state index contributed by atoms with van der Waals surface area (Å²) in [6, 6.07) is 14.8. The van der Waals surface area contributed by atoms with Gasteiger partial charge in [-0.05, 0) is 30.3 Å². The van der Waals surface area contributed by atoms with Gasteiger partial charge in [-0.1, -0.05) is 18.2 Å². The predicted octanol–water partition coefficient (Wildman–Crippen LogP) is 4.27. The van der Waals surface area contributed by atoms with E-state index in [1.165, 1.54) is 11.3 Å². The number of methoxy groups -OCH3 is 1. The van der Waals surface area contributed by atoms with Crippen LogP contribution in [0, 0.1) is 0 Å². The molecular weight excluding hydrogens is 284 g/mol. The molecule has 0 aliphatic carbocycles. The molecule has 0 fully saturated rings. The number of benzene rings is 2. The van der Waals surface area contributed by atoms with Crippen LogP contribution in [0.1, 0.15) is 0 Å². The first-order valence-corrected chi connectivity index (χ1v) is 7.29. The average Bonchev–Trinajstić information content (AvgIpc) is 2.96. The van der Waals surface area contributed by atoms with Crippen molar-refractivity contribution in [2.24, 2.45) is 0 Å². The average molecular weight is 298 g/mol. The number of hydrogen-bond acceptors (Lipinski definition) is 5. The molecule has 3 rings (SSSR count). The first-order valence-electron chi connectivity index (χ1n) is 6.41. The second-order valence-corrected chi connectivity index (χ2v) is 5.27. The zero-order valence-corrected chi connectivity index (χ0v) is 12.2. The summed E-state index contributed by atoms with van der Waals surface area (Å²) in [5, 5.41) is 15.6. The van der Waals surface area contributed by atoms with Gasteiger partial charge in [0.05, 0.1) is 12.8 Å². The monoisotopic (exact) mass is 298 g/mol. The standard InChI is InChI=1S/C16H14N2O2S/c1-20-15-8-7-12(19)9-13(15)14-10-21-16(18-14)17-11-5-3-2-4-6-11/h2-10,19H,1H3,(H,17,18). The lowest BCUT2D eigenvalue weighted by Gasteiger charge is -2.06. The highest BCUT2D eigenvalue weighted by molar-refractivity contribution is 7.14. The van der Waals surface area contributed by atoms with E-state index < -0.39 is 0 Å². The van der Waals surface area contributed by atoms with Crippen LogP contribution in [0.15, 0.2) is 53.9 Å². The number of ether oxygens (including phenoxy) is 1.